The van der Waals surface area contributed by atoms with E-state index < -0.39 is 0 Å². The van der Waals surface area contributed by atoms with E-state index in [1.165, 1.54) is 0 Å². The summed E-state index contributed by atoms with van der Waals surface area (Å²) in [6, 6.07) is 5.90. The minimum atomic E-state index is 0.592. The van der Waals surface area contributed by atoms with E-state index >= 15 is 0 Å². The van der Waals surface area contributed by atoms with Gasteiger partial charge in [0, 0.05) is 51.3 Å². The normalized spacial score (nSPS) is 22.0. The average Bonchev–Trinajstić information content (AvgIpc) is 3.35. The van der Waals surface area contributed by atoms with Gasteiger partial charge >= 0.3 is 0 Å². The van der Waals surface area contributed by atoms with Crippen LogP contribution < -0.4 is 9.80 Å². The molecule has 2 aliphatic heterocycles. The number of hydrogen-bond donors (Lipinski definition) is 0. The SMILES string of the molecule is Cn1ncc2c(N3CC4CN(c5ccc(C#N)cn5)CC4C3)ncnc21. The Bertz CT molecular complexity index is 988. The lowest BCUT2D eigenvalue weighted by molar-refractivity contribution is 0.533. The van der Waals surface area contributed by atoms with E-state index in [4.69, 9.17) is 5.26 Å². The van der Waals surface area contributed by atoms with E-state index in [1.54, 1.807) is 17.2 Å². The molecule has 26 heavy (non-hydrogen) atoms. The highest BCUT2D eigenvalue weighted by molar-refractivity contribution is 5.86. The van der Waals surface area contributed by atoms with Gasteiger partial charge < -0.3 is 9.80 Å². The molecule has 130 valence electrons. The Morgan fingerprint density at radius 1 is 1.00 bits per heavy atom. The number of aromatic nitrogens is 5. The number of fused-ring (bicyclic) bond motifs is 2. The van der Waals surface area contributed by atoms with Crippen molar-refractivity contribution in [1.82, 2.24) is 24.7 Å². The maximum atomic E-state index is 8.91. The molecule has 0 amide bonds. The van der Waals surface area contributed by atoms with Gasteiger partial charge in [0.2, 0.25) is 0 Å². The quantitative estimate of drug-likeness (QED) is 0.689. The zero-order valence-electron chi connectivity index (χ0n) is 14.4. The summed E-state index contributed by atoms with van der Waals surface area (Å²) in [5.41, 5.74) is 1.47. The zero-order valence-corrected chi connectivity index (χ0v) is 14.4. The molecule has 0 aromatic carbocycles. The smallest absolute Gasteiger partial charge is 0.163 e. The van der Waals surface area contributed by atoms with Gasteiger partial charge in [-0.2, -0.15) is 10.4 Å². The monoisotopic (exact) mass is 346 g/mol. The standard InChI is InChI=1S/C18H18N8/c1-24-17-15(6-23-24)18(22-11-21-17)26-9-13-7-25(8-14(13)10-26)16-3-2-12(4-19)5-20-16/h2-3,5-6,11,13-14H,7-10H2,1H3. The third kappa shape index (κ3) is 2.28. The Hall–Kier alpha value is -3.21. The lowest BCUT2D eigenvalue weighted by atomic mass is 10.0. The lowest BCUT2D eigenvalue weighted by Gasteiger charge is -2.23. The second kappa shape index (κ2) is 5.66. The van der Waals surface area contributed by atoms with Crippen molar-refractivity contribution in [2.24, 2.45) is 18.9 Å². The van der Waals surface area contributed by atoms with Crippen molar-refractivity contribution < 1.29 is 0 Å². The van der Waals surface area contributed by atoms with Crippen LogP contribution in [-0.4, -0.2) is 50.9 Å². The zero-order chi connectivity index (χ0) is 17.7. The van der Waals surface area contributed by atoms with E-state index in [0.29, 0.717) is 17.4 Å². The highest BCUT2D eigenvalue weighted by Gasteiger charge is 2.41. The minimum Gasteiger partial charge on any atom is -0.356 e. The van der Waals surface area contributed by atoms with Crippen LogP contribution in [0.5, 0.6) is 0 Å². The summed E-state index contributed by atoms with van der Waals surface area (Å²) in [6.07, 6.45) is 5.13. The topological polar surface area (TPSA) is 86.8 Å². The molecule has 3 aromatic heterocycles. The Morgan fingerprint density at radius 3 is 2.46 bits per heavy atom. The Labute approximate surface area is 150 Å². The van der Waals surface area contributed by atoms with Gasteiger partial charge in [-0.25, -0.2) is 15.0 Å². The summed E-state index contributed by atoms with van der Waals surface area (Å²) in [5, 5.41) is 14.2. The molecule has 0 spiro atoms. The fourth-order valence-corrected chi connectivity index (χ4v) is 4.19. The maximum absolute atomic E-state index is 8.91. The number of pyridine rings is 1. The van der Waals surface area contributed by atoms with Crippen LogP contribution in [-0.2, 0) is 7.05 Å². The largest absolute Gasteiger partial charge is 0.356 e. The molecule has 5 heterocycles. The van der Waals surface area contributed by atoms with Crippen molar-refractivity contribution in [2.45, 2.75) is 0 Å². The minimum absolute atomic E-state index is 0.592. The molecule has 0 radical (unpaired) electrons. The fraction of sp³-hybridized carbons (Fsp3) is 0.389. The summed E-state index contributed by atoms with van der Waals surface area (Å²) < 4.78 is 1.79. The summed E-state index contributed by atoms with van der Waals surface area (Å²) in [5.74, 6) is 3.13. The molecule has 2 fully saturated rings. The Kier molecular flexibility index (Phi) is 3.28. The van der Waals surface area contributed by atoms with Gasteiger partial charge in [0.25, 0.3) is 0 Å². The van der Waals surface area contributed by atoms with Crippen LogP contribution in [0.1, 0.15) is 5.56 Å². The van der Waals surface area contributed by atoms with Gasteiger partial charge in [-0.15, -0.1) is 0 Å². The molecule has 5 rings (SSSR count). The molecular formula is C18H18N8. The van der Waals surface area contributed by atoms with E-state index in [0.717, 1.165) is 48.8 Å². The molecule has 2 unspecified atom stereocenters. The molecule has 0 bridgehead atoms. The van der Waals surface area contributed by atoms with Crippen LogP contribution in [0.3, 0.4) is 0 Å². The molecule has 0 saturated carbocycles. The first-order chi connectivity index (χ1) is 12.7. The van der Waals surface area contributed by atoms with Crippen molar-refractivity contribution in [2.75, 3.05) is 36.0 Å². The Balaban J connectivity index is 1.34. The van der Waals surface area contributed by atoms with Gasteiger partial charge in [0.1, 0.15) is 24.0 Å². The second-order valence-corrected chi connectivity index (χ2v) is 7.05. The molecule has 2 atom stereocenters. The molecule has 8 heteroatoms. The second-order valence-electron chi connectivity index (χ2n) is 7.05. The van der Waals surface area contributed by atoms with Crippen molar-refractivity contribution in [3.05, 3.63) is 36.4 Å². The van der Waals surface area contributed by atoms with Crippen molar-refractivity contribution in [3.8, 4) is 6.07 Å². The first kappa shape index (κ1) is 15.1. The van der Waals surface area contributed by atoms with Crippen LogP contribution in [0, 0.1) is 23.2 Å². The van der Waals surface area contributed by atoms with Gasteiger partial charge in [-0.3, -0.25) is 4.68 Å². The van der Waals surface area contributed by atoms with Gasteiger partial charge in [-0.05, 0) is 12.1 Å². The molecule has 8 nitrogen and oxygen atoms in total. The van der Waals surface area contributed by atoms with Crippen LogP contribution in [0.2, 0.25) is 0 Å². The molecule has 2 saturated heterocycles. The van der Waals surface area contributed by atoms with Crippen molar-refractivity contribution in [1.29, 1.82) is 5.26 Å². The fourth-order valence-electron chi connectivity index (χ4n) is 4.19. The summed E-state index contributed by atoms with van der Waals surface area (Å²) >= 11 is 0. The highest BCUT2D eigenvalue weighted by atomic mass is 15.3. The van der Waals surface area contributed by atoms with Crippen LogP contribution >= 0.6 is 0 Å². The first-order valence-electron chi connectivity index (χ1n) is 8.71. The van der Waals surface area contributed by atoms with Crippen molar-refractivity contribution >= 4 is 22.7 Å². The first-order valence-corrected chi connectivity index (χ1v) is 8.71. The van der Waals surface area contributed by atoms with Gasteiger partial charge in [0.05, 0.1) is 17.1 Å². The number of anilines is 2. The van der Waals surface area contributed by atoms with Crippen LogP contribution in [0.4, 0.5) is 11.6 Å². The maximum Gasteiger partial charge on any atom is 0.163 e. The van der Waals surface area contributed by atoms with Gasteiger partial charge in [0.15, 0.2) is 5.65 Å². The van der Waals surface area contributed by atoms with Crippen LogP contribution in [0.25, 0.3) is 11.0 Å². The predicted molar refractivity (Wildman–Crippen MR) is 96.7 cm³/mol. The van der Waals surface area contributed by atoms with E-state index in [-0.39, 0.29) is 0 Å². The van der Waals surface area contributed by atoms with Crippen LogP contribution in [0.15, 0.2) is 30.9 Å². The number of nitriles is 1. The van der Waals surface area contributed by atoms with E-state index in [9.17, 15) is 0 Å². The van der Waals surface area contributed by atoms with Gasteiger partial charge in [-0.1, -0.05) is 0 Å². The lowest BCUT2D eigenvalue weighted by Crippen LogP contribution is -2.29. The Morgan fingerprint density at radius 2 is 1.77 bits per heavy atom. The van der Waals surface area contributed by atoms with Crippen molar-refractivity contribution in [3.63, 3.8) is 0 Å². The predicted octanol–water partition coefficient (Wildman–Crippen LogP) is 1.20. The molecule has 2 aliphatic rings. The number of hydrogen-bond acceptors (Lipinski definition) is 7. The summed E-state index contributed by atoms with van der Waals surface area (Å²) in [4.78, 5) is 18.0. The highest BCUT2D eigenvalue weighted by Crippen LogP contribution is 2.36. The summed E-state index contributed by atoms with van der Waals surface area (Å²) in [6.45, 7) is 3.94. The number of rotatable bonds is 2. The molecule has 3 aromatic rings. The van der Waals surface area contributed by atoms with E-state index in [1.807, 2.05) is 25.4 Å². The molecule has 0 N–H and O–H groups in total. The number of nitrogens with zero attached hydrogens (tertiary/aromatic N) is 8. The van der Waals surface area contributed by atoms with E-state index in [2.05, 4.69) is 35.9 Å². The number of aryl methyl sites for hydroxylation is 1. The molecular weight excluding hydrogens is 328 g/mol. The molecule has 0 aliphatic carbocycles. The third-order valence-electron chi connectivity index (χ3n) is 5.50. The average molecular weight is 346 g/mol. The third-order valence-corrected chi connectivity index (χ3v) is 5.50. The summed E-state index contributed by atoms with van der Waals surface area (Å²) in [7, 11) is 1.90.